The molecule has 2 aromatic carbocycles. The SMILES string of the molecule is O=S1ON=C(c2ccc(Cl)cc2Cl)N1c1cccc(Cl)c1. The number of rotatable bonds is 2. The summed E-state index contributed by atoms with van der Waals surface area (Å²) in [5.74, 6) is 0.331. The lowest BCUT2D eigenvalue weighted by molar-refractivity contribution is 0.386. The van der Waals surface area contributed by atoms with Gasteiger partial charge in [-0.05, 0) is 41.6 Å². The summed E-state index contributed by atoms with van der Waals surface area (Å²) in [6.45, 7) is 0. The third-order valence-electron chi connectivity index (χ3n) is 2.74. The number of benzene rings is 2. The van der Waals surface area contributed by atoms with E-state index in [9.17, 15) is 4.21 Å². The van der Waals surface area contributed by atoms with E-state index in [0.717, 1.165) is 0 Å². The van der Waals surface area contributed by atoms with Crippen molar-refractivity contribution in [2.45, 2.75) is 0 Å². The molecule has 8 heteroatoms. The van der Waals surface area contributed by atoms with E-state index in [2.05, 4.69) is 5.16 Å². The van der Waals surface area contributed by atoms with Crippen LogP contribution in [0.25, 0.3) is 0 Å². The number of halogens is 3. The maximum Gasteiger partial charge on any atom is 0.346 e. The van der Waals surface area contributed by atoms with E-state index in [1.807, 2.05) is 0 Å². The molecule has 1 aliphatic rings. The first-order valence-corrected chi connectivity index (χ1v) is 7.91. The molecule has 108 valence electrons. The van der Waals surface area contributed by atoms with Gasteiger partial charge in [0.05, 0.1) is 10.7 Å². The molecule has 21 heavy (non-hydrogen) atoms. The molecule has 0 radical (unpaired) electrons. The van der Waals surface area contributed by atoms with Gasteiger partial charge in [0.2, 0.25) is 0 Å². The molecular weight excluding hydrogens is 355 g/mol. The Labute approximate surface area is 138 Å². The van der Waals surface area contributed by atoms with E-state index in [4.69, 9.17) is 39.1 Å². The van der Waals surface area contributed by atoms with Gasteiger partial charge in [0.25, 0.3) is 0 Å². The van der Waals surface area contributed by atoms with E-state index >= 15 is 0 Å². The summed E-state index contributed by atoms with van der Waals surface area (Å²) < 4.78 is 18.3. The summed E-state index contributed by atoms with van der Waals surface area (Å²) in [6.07, 6.45) is 0. The molecular formula is C13H7Cl3N2O2S. The molecule has 0 N–H and O–H groups in total. The Morgan fingerprint density at radius 3 is 2.52 bits per heavy atom. The maximum absolute atomic E-state index is 12.0. The fourth-order valence-corrected chi connectivity index (χ4v) is 3.29. The van der Waals surface area contributed by atoms with E-state index in [1.165, 1.54) is 4.31 Å². The van der Waals surface area contributed by atoms with Gasteiger partial charge in [0.15, 0.2) is 5.84 Å². The maximum atomic E-state index is 12.0. The van der Waals surface area contributed by atoms with E-state index < -0.39 is 11.3 Å². The zero-order chi connectivity index (χ0) is 15.0. The molecule has 1 heterocycles. The minimum absolute atomic E-state index is 0.331. The van der Waals surface area contributed by atoms with Crippen molar-refractivity contribution in [2.24, 2.45) is 5.16 Å². The van der Waals surface area contributed by atoms with Crippen LogP contribution in [0, 0.1) is 0 Å². The minimum Gasteiger partial charge on any atom is -0.268 e. The van der Waals surface area contributed by atoms with Crippen LogP contribution in [0.3, 0.4) is 0 Å². The fourth-order valence-electron chi connectivity index (χ4n) is 1.85. The number of hydrogen-bond donors (Lipinski definition) is 0. The second kappa shape index (κ2) is 5.85. The Morgan fingerprint density at radius 1 is 1.05 bits per heavy atom. The quantitative estimate of drug-likeness (QED) is 0.794. The fraction of sp³-hybridized carbons (Fsp3) is 0. The van der Waals surface area contributed by atoms with Crippen LogP contribution >= 0.6 is 34.8 Å². The molecule has 0 saturated heterocycles. The van der Waals surface area contributed by atoms with Crippen molar-refractivity contribution in [3.8, 4) is 0 Å². The standard InChI is InChI=1S/C13H7Cl3N2O2S/c14-8-2-1-3-10(6-8)18-13(17-20-21(18)19)11-5-4-9(15)7-12(11)16/h1-7H. The molecule has 4 nitrogen and oxygen atoms in total. The van der Waals surface area contributed by atoms with E-state index in [0.29, 0.717) is 32.2 Å². The van der Waals surface area contributed by atoms with Gasteiger partial charge in [-0.3, -0.25) is 4.28 Å². The smallest absolute Gasteiger partial charge is 0.268 e. The van der Waals surface area contributed by atoms with Crippen LogP contribution in [0.1, 0.15) is 5.56 Å². The monoisotopic (exact) mass is 360 g/mol. The van der Waals surface area contributed by atoms with Gasteiger partial charge in [0, 0.05) is 15.6 Å². The van der Waals surface area contributed by atoms with Gasteiger partial charge >= 0.3 is 11.3 Å². The molecule has 0 aromatic heterocycles. The predicted octanol–water partition coefficient (Wildman–Crippen LogP) is 4.42. The van der Waals surface area contributed by atoms with Crippen molar-refractivity contribution in [3.05, 3.63) is 63.1 Å². The number of anilines is 1. The Morgan fingerprint density at radius 2 is 1.81 bits per heavy atom. The molecule has 1 aliphatic heterocycles. The highest BCUT2D eigenvalue weighted by Gasteiger charge is 2.31. The van der Waals surface area contributed by atoms with Crippen molar-refractivity contribution in [2.75, 3.05) is 4.31 Å². The Kier molecular flexibility index (Phi) is 4.08. The van der Waals surface area contributed by atoms with Gasteiger partial charge in [0.1, 0.15) is 0 Å². The minimum atomic E-state index is -1.78. The molecule has 0 saturated carbocycles. The van der Waals surface area contributed by atoms with Gasteiger partial charge in [-0.25, -0.2) is 4.31 Å². The van der Waals surface area contributed by atoms with Crippen LogP contribution in [0.5, 0.6) is 0 Å². The van der Waals surface area contributed by atoms with Gasteiger partial charge in [-0.15, -0.1) is 0 Å². The largest absolute Gasteiger partial charge is 0.346 e. The second-order valence-electron chi connectivity index (χ2n) is 4.10. The Balaban J connectivity index is 2.07. The molecule has 1 unspecified atom stereocenters. The molecule has 1 atom stereocenters. The van der Waals surface area contributed by atoms with Crippen LogP contribution in [0.2, 0.25) is 15.1 Å². The van der Waals surface area contributed by atoms with Crippen LogP contribution in [0.4, 0.5) is 5.69 Å². The lowest BCUT2D eigenvalue weighted by Gasteiger charge is -2.16. The zero-order valence-electron chi connectivity index (χ0n) is 10.3. The average molecular weight is 362 g/mol. The van der Waals surface area contributed by atoms with E-state index in [1.54, 1.807) is 42.5 Å². The molecule has 0 aliphatic carbocycles. The Hall–Kier alpha value is -1.27. The van der Waals surface area contributed by atoms with Crippen LogP contribution < -0.4 is 4.31 Å². The third-order valence-corrected chi connectivity index (χ3v) is 4.41. The van der Waals surface area contributed by atoms with Crippen molar-refractivity contribution in [1.29, 1.82) is 0 Å². The predicted molar refractivity (Wildman–Crippen MR) is 86.2 cm³/mol. The Bertz CT molecular complexity index is 767. The summed E-state index contributed by atoms with van der Waals surface area (Å²) in [4.78, 5) is 0. The topological polar surface area (TPSA) is 41.9 Å². The van der Waals surface area contributed by atoms with Crippen molar-refractivity contribution >= 4 is 57.6 Å². The number of nitrogens with zero attached hydrogens (tertiary/aromatic N) is 2. The van der Waals surface area contributed by atoms with Gasteiger partial charge < -0.3 is 0 Å². The van der Waals surface area contributed by atoms with Crippen LogP contribution in [-0.2, 0) is 15.6 Å². The molecule has 0 amide bonds. The normalized spacial score (nSPS) is 17.6. The first kappa shape index (κ1) is 14.7. The highest BCUT2D eigenvalue weighted by molar-refractivity contribution is 7.83. The summed E-state index contributed by atoms with van der Waals surface area (Å²) in [5.41, 5.74) is 1.15. The highest BCUT2D eigenvalue weighted by Crippen LogP contribution is 2.30. The summed E-state index contributed by atoms with van der Waals surface area (Å²) in [7, 11) is 0. The second-order valence-corrected chi connectivity index (χ2v) is 6.33. The van der Waals surface area contributed by atoms with Crippen LogP contribution in [-0.4, -0.2) is 10.0 Å². The third kappa shape index (κ3) is 2.87. The summed E-state index contributed by atoms with van der Waals surface area (Å²) in [6, 6.07) is 11.8. The van der Waals surface area contributed by atoms with Gasteiger partial charge in [-0.2, -0.15) is 4.21 Å². The number of amidine groups is 1. The molecule has 0 bridgehead atoms. The summed E-state index contributed by atoms with van der Waals surface area (Å²) >= 11 is 16.2. The molecule has 0 fully saturated rings. The molecule has 3 rings (SSSR count). The van der Waals surface area contributed by atoms with Crippen molar-refractivity contribution in [1.82, 2.24) is 0 Å². The van der Waals surface area contributed by atoms with Crippen molar-refractivity contribution in [3.63, 3.8) is 0 Å². The first-order chi connectivity index (χ1) is 10.1. The zero-order valence-corrected chi connectivity index (χ0v) is 13.4. The number of hydrogen-bond acceptors (Lipinski definition) is 3. The average Bonchev–Trinajstić information content (AvgIpc) is 2.80. The van der Waals surface area contributed by atoms with E-state index in [-0.39, 0.29) is 0 Å². The summed E-state index contributed by atoms with van der Waals surface area (Å²) in [5, 5.41) is 5.23. The number of oxime groups is 1. The molecule has 0 spiro atoms. The van der Waals surface area contributed by atoms with Crippen LogP contribution in [0.15, 0.2) is 47.6 Å². The highest BCUT2D eigenvalue weighted by atomic mass is 35.5. The van der Waals surface area contributed by atoms with Gasteiger partial charge in [-0.1, -0.05) is 40.9 Å². The lowest BCUT2D eigenvalue weighted by atomic mass is 10.2. The molecule has 2 aromatic rings. The first-order valence-electron chi connectivity index (χ1n) is 5.75. The lowest BCUT2D eigenvalue weighted by Crippen LogP contribution is -2.28. The van der Waals surface area contributed by atoms with Crippen molar-refractivity contribution < 1.29 is 8.49 Å².